The molecule has 1 unspecified atom stereocenters. The lowest BCUT2D eigenvalue weighted by Gasteiger charge is -2.39. The molecule has 0 amide bonds. The van der Waals surface area contributed by atoms with E-state index in [1.54, 1.807) is 32.6 Å². The van der Waals surface area contributed by atoms with Crippen molar-refractivity contribution < 1.29 is 18.7 Å². The average molecular weight is 271 g/mol. The molecule has 19 heavy (non-hydrogen) atoms. The first-order chi connectivity index (χ1) is 8.71. The van der Waals surface area contributed by atoms with E-state index in [2.05, 4.69) is 0 Å². The van der Waals surface area contributed by atoms with Crippen LogP contribution in [0.15, 0.2) is 18.2 Å². The first-order valence-corrected chi connectivity index (χ1v) is 6.16. The molecule has 1 rings (SSSR count). The Morgan fingerprint density at radius 1 is 1.42 bits per heavy atom. The molecular weight excluding hydrogens is 252 g/mol. The highest BCUT2D eigenvalue weighted by molar-refractivity contribution is 5.77. The van der Waals surface area contributed by atoms with Gasteiger partial charge >= 0.3 is 5.97 Å². The number of hydrogen-bond acceptors (Lipinski definition) is 2. The molecule has 0 aliphatic rings. The largest absolute Gasteiger partial charge is 0.480 e. The zero-order chi connectivity index (χ0) is 14.8. The first-order valence-electron chi connectivity index (χ1n) is 6.16. The normalized spacial score (nSPS) is 13.6. The third-order valence-corrected chi connectivity index (χ3v) is 3.46. The number of hydrogen-bond donors (Lipinski definition) is 1. The van der Waals surface area contributed by atoms with E-state index in [9.17, 15) is 18.7 Å². The SMILES string of the molecule is CCN(C(C)c1cc(F)ccc1F)C(C)(C)C(=O)O. The lowest BCUT2D eigenvalue weighted by molar-refractivity contribution is -0.150. The van der Waals surface area contributed by atoms with Gasteiger partial charge in [-0.25, -0.2) is 8.78 Å². The van der Waals surface area contributed by atoms with Crippen molar-refractivity contribution in [2.45, 2.75) is 39.3 Å². The van der Waals surface area contributed by atoms with E-state index in [-0.39, 0.29) is 5.56 Å². The third kappa shape index (κ3) is 3.10. The Labute approximate surface area is 111 Å². The van der Waals surface area contributed by atoms with Gasteiger partial charge in [0.1, 0.15) is 17.2 Å². The van der Waals surface area contributed by atoms with Crippen LogP contribution < -0.4 is 0 Å². The summed E-state index contributed by atoms with van der Waals surface area (Å²) in [5.74, 6) is -2.07. The Hall–Kier alpha value is -1.49. The van der Waals surface area contributed by atoms with Crippen molar-refractivity contribution in [3.63, 3.8) is 0 Å². The van der Waals surface area contributed by atoms with E-state index >= 15 is 0 Å². The van der Waals surface area contributed by atoms with E-state index in [1.807, 2.05) is 0 Å². The summed E-state index contributed by atoms with van der Waals surface area (Å²) in [5.41, 5.74) is -0.997. The van der Waals surface area contributed by atoms with Crippen LogP contribution in [0.2, 0.25) is 0 Å². The highest BCUT2D eigenvalue weighted by atomic mass is 19.1. The quantitative estimate of drug-likeness (QED) is 0.894. The Kier molecular flexibility index (Phi) is 4.63. The van der Waals surface area contributed by atoms with E-state index in [1.165, 1.54) is 0 Å². The van der Waals surface area contributed by atoms with Crippen LogP contribution in [0.3, 0.4) is 0 Å². The number of nitrogens with zero attached hydrogens (tertiary/aromatic N) is 1. The fraction of sp³-hybridized carbons (Fsp3) is 0.500. The van der Waals surface area contributed by atoms with Crippen molar-refractivity contribution in [2.75, 3.05) is 6.54 Å². The van der Waals surface area contributed by atoms with Crippen molar-refractivity contribution in [3.05, 3.63) is 35.4 Å². The molecule has 0 fully saturated rings. The van der Waals surface area contributed by atoms with Crippen LogP contribution in [-0.4, -0.2) is 28.1 Å². The zero-order valence-electron chi connectivity index (χ0n) is 11.6. The number of likely N-dealkylation sites (N-methyl/N-ethyl adjacent to an activating group) is 1. The third-order valence-electron chi connectivity index (χ3n) is 3.46. The minimum Gasteiger partial charge on any atom is -0.480 e. The molecule has 0 aliphatic heterocycles. The molecule has 0 aromatic heterocycles. The fourth-order valence-electron chi connectivity index (χ4n) is 2.28. The molecule has 106 valence electrons. The van der Waals surface area contributed by atoms with Gasteiger partial charge in [-0.3, -0.25) is 9.69 Å². The molecule has 3 nitrogen and oxygen atoms in total. The van der Waals surface area contributed by atoms with Gasteiger partial charge in [0.25, 0.3) is 0 Å². The van der Waals surface area contributed by atoms with Gasteiger partial charge in [-0.05, 0) is 45.5 Å². The monoisotopic (exact) mass is 271 g/mol. The topological polar surface area (TPSA) is 40.5 Å². The Morgan fingerprint density at radius 2 is 2.00 bits per heavy atom. The van der Waals surface area contributed by atoms with Crippen molar-refractivity contribution >= 4 is 5.97 Å². The number of carbonyl (C=O) groups is 1. The summed E-state index contributed by atoms with van der Waals surface area (Å²) >= 11 is 0. The Morgan fingerprint density at radius 3 is 2.47 bits per heavy atom. The molecule has 0 spiro atoms. The van der Waals surface area contributed by atoms with Gasteiger partial charge in [-0.2, -0.15) is 0 Å². The van der Waals surface area contributed by atoms with Gasteiger partial charge in [0.15, 0.2) is 0 Å². The molecule has 0 saturated heterocycles. The van der Waals surface area contributed by atoms with E-state index in [4.69, 9.17) is 0 Å². The van der Waals surface area contributed by atoms with Crippen LogP contribution >= 0.6 is 0 Å². The van der Waals surface area contributed by atoms with Crippen LogP contribution in [0.4, 0.5) is 8.78 Å². The molecule has 0 saturated carbocycles. The number of halogens is 2. The second kappa shape index (κ2) is 5.65. The molecule has 0 bridgehead atoms. The molecule has 1 aromatic carbocycles. The maximum atomic E-state index is 13.8. The maximum Gasteiger partial charge on any atom is 0.323 e. The predicted octanol–water partition coefficient (Wildman–Crippen LogP) is 3.21. The number of carboxylic acids is 1. The van der Waals surface area contributed by atoms with Crippen LogP contribution in [0, 0.1) is 11.6 Å². The molecule has 1 aromatic rings. The van der Waals surface area contributed by atoms with Gasteiger partial charge in [-0.1, -0.05) is 6.92 Å². The highest BCUT2D eigenvalue weighted by Gasteiger charge is 2.37. The Balaban J connectivity index is 3.19. The molecule has 0 radical (unpaired) electrons. The van der Waals surface area contributed by atoms with Crippen molar-refractivity contribution in [3.8, 4) is 0 Å². The number of benzene rings is 1. The Bertz CT molecular complexity index is 475. The summed E-state index contributed by atoms with van der Waals surface area (Å²) in [6.07, 6.45) is 0. The van der Waals surface area contributed by atoms with Crippen molar-refractivity contribution in [1.29, 1.82) is 0 Å². The summed E-state index contributed by atoms with van der Waals surface area (Å²) in [6, 6.07) is 2.68. The number of aliphatic carboxylic acids is 1. The van der Waals surface area contributed by atoms with Crippen molar-refractivity contribution in [2.24, 2.45) is 0 Å². The molecule has 0 heterocycles. The van der Waals surface area contributed by atoms with Crippen LogP contribution in [0.5, 0.6) is 0 Å². The summed E-state index contributed by atoms with van der Waals surface area (Å²) in [7, 11) is 0. The molecule has 1 atom stereocenters. The lowest BCUT2D eigenvalue weighted by Crippen LogP contribution is -2.51. The summed E-state index contributed by atoms with van der Waals surface area (Å²) in [4.78, 5) is 12.9. The van der Waals surface area contributed by atoms with Crippen LogP contribution in [0.25, 0.3) is 0 Å². The minimum atomic E-state index is -1.16. The number of carboxylic acid groups (broad SMARTS) is 1. The number of rotatable bonds is 5. The average Bonchev–Trinajstić information content (AvgIpc) is 2.32. The molecule has 5 heteroatoms. The summed E-state index contributed by atoms with van der Waals surface area (Å²) in [6.45, 7) is 6.97. The second-order valence-corrected chi connectivity index (χ2v) is 4.99. The van der Waals surface area contributed by atoms with E-state index in [0.717, 1.165) is 18.2 Å². The maximum absolute atomic E-state index is 13.8. The van der Waals surface area contributed by atoms with Crippen LogP contribution in [-0.2, 0) is 4.79 Å². The van der Waals surface area contributed by atoms with Gasteiger partial charge in [0, 0.05) is 11.6 Å². The van der Waals surface area contributed by atoms with E-state index < -0.39 is 29.2 Å². The molecular formula is C14H19F2NO2. The van der Waals surface area contributed by atoms with Crippen LogP contribution in [0.1, 0.15) is 39.3 Å². The minimum absolute atomic E-state index is 0.163. The summed E-state index contributed by atoms with van der Waals surface area (Å²) < 4.78 is 27.0. The smallest absolute Gasteiger partial charge is 0.323 e. The van der Waals surface area contributed by atoms with Gasteiger partial charge in [-0.15, -0.1) is 0 Å². The molecule has 1 N–H and O–H groups in total. The van der Waals surface area contributed by atoms with Gasteiger partial charge in [0.2, 0.25) is 0 Å². The zero-order valence-corrected chi connectivity index (χ0v) is 11.6. The summed E-state index contributed by atoms with van der Waals surface area (Å²) in [5, 5.41) is 9.25. The standard InChI is InChI=1S/C14H19F2NO2/c1-5-17(14(3,4)13(18)19)9(2)11-8-10(15)6-7-12(11)16/h6-9H,5H2,1-4H3,(H,18,19). The van der Waals surface area contributed by atoms with E-state index in [0.29, 0.717) is 6.54 Å². The predicted molar refractivity (Wildman–Crippen MR) is 68.9 cm³/mol. The van der Waals surface area contributed by atoms with Gasteiger partial charge < -0.3 is 5.11 Å². The van der Waals surface area contributed by atoms with Gasteiger partial charge in [0.05, 0.1) is 0 Å². The van der Waals surface area contributed by atoms with Crippen molar-refractivity contribution in [1.82, 2.24) is 4.90 Å². The highest BCUT2D eigenvalue weighted by Crippen LogP contribution is 2.30. The first kappa shape index (κ1) is 15.6. The lowest BCUT2D eigenvalue weighted by atomic mass is 9.97. The fourth-order valence-corrected chi connectivity index (χ4v) is 2.28. The molecule has 0 aliphatic carbocycles. The second-order valence-electron chi connectivity index (χ2n) is 4.99.